The first-order valence-corrected chi connectivity index (χ1v) is 8.38. The lowest BCUT2D eigenvalue weighted by molar-refractivity contribution is -0.117. The fourth-order valence-corrected chi connectivity index (χ4v) is 2.57. The number of sulfonamides is 1. The van der Waals surface area contributed by atoms with E-state index in [1.807, 2.05) is 6.92 Å². The Bertz CT molecular complexity index is 575. The Balaban J connectivity index is 2.63. The molecule has 1 aromatic carbocycles. The second kappa shape index (κ2) is 7.72. The van der Waals surface area contributed by atoms with E-state index in [4.69, 9.17) is 9.88 Å². The van der Waals surface area contributed by atoms with Gasteiger partial charge in [0, 0.05) is 11.1 Å². The molecule has 0 saturated carbocycles. The van der Waals surface area contributed by atoms with Crippen LogP contribution in [0.1, 0.15) is 19.8 Å². The fourth-order valence-electron chi connectivity index (χ4n) is 1.40. The van der Waals surface area contributed by atoms with Crippen LogP contribution in [0.25, 0.3) is 0 Å². The number of benzene rings is 1. The molecule has 0 saturated heterocycles. The van der Waals surface area contributed by atoms with Crippen molar-refractivity contribution in [1.82, 2.24) is 0 Å². The van der Waals surface area contributed by atoms with Crippen LogP contribution in [-0.2, 0) is 19.6 Å². The largest absolute Gasteiger partial charge is 0.381 e. The van der Waals surface area contributed by atoms with Crippen LogP contribution >= 0.6 is 15.9 Å². The number of carbonyl (C=O) groups excluding carboxylic acids is 1. The van der Waals surface area contributed by atoms with Crippen LogP contribution in [0.2, 0.25) is 0 Å². The molecule has 112 valence electrons. The Morgan fingerprint density at radius 2 is 2.10 bits per heavy atom. The molecule has 0 aromatic heterocycles. The van der Waals surface area contributed by atoms with Crippen molar-refractivity contribution in [3.05, 3.63) is 22.7 Å². The number of hydrogen-bond donors (Lipinski definition) is 2. The smallest absolute Gasteiger partial charge is 0.238 e. The molecule has 0 radical (unpaired) electrons. The van der Waals surface area contributed by atoms with E-state index in [0.29, 0.717) is 23.4 Å². The molecule has 0 heterocycles. The van der Waals surface area contributed by atoms with E-state index >= 15 is 0 Å². The summed E-state index contributed by atoms with van der Waals surface area (Å²) in [5.74, 6) is -0.204. The molecule has 0 bridgehead atoms. The van der Waals surface area contributed by atoms with Gasteiger partial charge in [0.15, 0.2) is 0 Å². The van der Waals surface area contributed by atoms with Crippen molar-refractivity contribution in [3.8, 4) is 0 Å². The zero-order valence-corrected chi connectivity index (χ0v) is 13.5. The second-order valence-electron chi connectivity index (χ2n) is 4.10. The Morgan fingerprint density at radius 1 is 1.40 bits per heavy atom. The molecular weight excluding hydrogens is 348 g/mol. The third kappa shape index (κ3) is 5.58. The lowest BCUT2D eigenvalue weighted by Crippen LogP contribution is -2.15. The normalized spacial score (nSPS) is 11.3. The van der Waals surface area contributed by atoms with Gasteiger partial charge in [-0.2, -0.15) is 0 Å². The van der Waals surface area contributed by atoms with Gasteiger partial charge in [0.05, 0.1) is 23.6 Å². The summed E-state index contributed by atoms with van der Waals surface area (Å²) in [4.78, 5) is 11.6. The first-order chi connectivity index (χ1) is 9.34. The van der Waals surface area contributed by atoms with Crippen molar-refractivity contribution in [1.29, 1.82) is 0 Å². The van der Waals surface area contributed by atoms with Gasteiger partial charge in [0.2, 0.25) is 15.9 Å². The monoisotopic (exact) mass is 364 g/mol. The van der Waals surface area contributed by atoms with Gasteiger partial charge in [0.1, 0.15) is 0 Å². The highest BCUT2D eigenvalue weighted by Gasteiger charge is 2.11. The lowest BCUT2D eigenvalue weighted by atomic mass is 10.3. The van der Waals surface area contributed by atoms with Gasteiger partial charge in [0.25, 0.3) is 0 Å². The number of rotatable bonds is 7. The zero-order chi connectivity index (χ0) is 15.2. The summed E-state index contributed by atoms with van der Waals surface area (Å²) in [7, 11) is -3.75. The quantitative estimate of drug-likeness (QED) is 0.721. The predicted molar refractivity (Wildman–Crippen MR) is 79.9 cm³/mol. The molecule has 8 heteroatoms. The molecule has 0 unspecified atom stereocenters. The molecule has 6 nitrogen and oxygen atoms in total. The highest BCUT2D eigenvalue weighted by molar-refractivity contribution is 9.10. The number of ether oxygens (including phenoxy) is 1. The Morgan fingerprint density at radius 3 is 2.65 bits per heavy atom. The summed E-state index contributed by atoms with van der Waals surface area (Å²) in [6.45, 7) is 2.97. The van der Waals surface area contributed by atoms with Crippen LogP contribution < -0.4 is 10.5 Å². The lowest BCUT2D eigenvalue weighted by Gasteiger charge is -2.09. The maximum absolute atomic E-state index is 11.7. The van der Waals surface area contributed by atoms with Gasteiger partial charge in [-0.05, 0) is 40.5 Å². The van der Waals surface area contributed by atoms with E-state index in [2.05, 4.69) is 21.2 Å². The highest BCUT2D eigenvalue weighted by atomic mass is 79.9. The minimum Gasteiger partial charge on any atom is -0.381 e. The molecule has 20 heavy (non-hydrogen) atoms. The zero-order valence-electron chi connectivity index (χ0n) is 11.1. The van der Waals surface area contributed by atoms with Gasteiger partial charge in [-0.25, -0.2) is 13.6 Å². The van der Waals surface area contributed by atoms with Crippen LogP contribution in [0.3, 0.4) is 0 Å². The van der Waals surface area contributed by atoms with Crippen LogP contribution in [0.4, 0.5) is 5.69 Å². The van der Waals surface area contributed by atoms with Crippen molar-refractivity contribution in [3.63, 3.8) is 0 Å². The van der Waals surface area contributed by atoms with Gasteiger partial charge in [-0.15, -0.1) is 0 Å². The third-order valence-electron chi connectivity index (χ3n) is 2.37. The first-order valence-electron chi connectivity index (χ1n) is 6.04. The van der Waals surface area contributed by atoms with Crippen molar-refractivity contribution in [2.75, 3.05) is 18.5 Å². The first kappa shape index (κ1) is 17.1. The van der Waals surface area contributed by atoms with E-state index in [-0.39, 0.29) is 17.2 Å². The van der Waals surface area contributed by atoms with Gasteiger partial charge in [-0.1, -0.05) is 6.92 Å². The van der Waals surface area contributed by atoms with Crippen LogP contribution in [0, 0.1) is 0 Å². The molecule has 0 spiro atoms. The van der Waals surface area contributed by atoms with Crippen molar-refractivity contribution >= 4 is 37.5 Å². The van der Waals surface area contributed by atoms with Gasteiger partial charge in [-0.3, -0.25) is 4.79 Å². The molecule has 0 aliphatic carbocycles. The Hall–Kier alpha value is -0.960. The van der Waals surface area contributed by atoms with E-state index in [9.17, 15) is 13.2 Å². The Labute approximate surface area is 126 Å². The van der Waals surface area contributed by atoms with Crippen LogP contribution in [0.15, 0.2) is 27.6 Å². The molecule has 1 aromatic rings. The molecule has 0 fully saturated rings. The number of nitrogens with two attached hydrogens (primary N) is 1. The second-order valence-corrected chi connectivity index (χ2v) is 6.51. The van der Waals surface area contributed by atoms with Crippen LogP contribution in [-0.4, -0.2) is 27.5 Å². The number of nitrogens with one attached hydrogen (secondary N) is 1. The minimum absolute atomic E-state index is 0.0198. The molecule has 1 rings (SSSR count). The van der Waals surface area contributed by atoms with Gasteiger partial charge < -0.3 is 10.1 Å². The molecule has 0 aliphatic rings. The van der Waals surface area contributed by atoms with Gasteiger partial charge >= 0.3 is 0 Å². The Kier molecular flexibility index (Phi) is 6.60. The summed E-state index contributed by atoms with van der Waals surface area (Å²) in [6, 6.07) is 4.16. The van der Waals surface area contributed by atoms with E-state index < -0.39 is 10.0 Å². The number of halogens is 1. The van der Waals surface area contributed by atoms with E-state index in [1.165, 1.54) is 18.2 Å². The molecule has 1 amide bonds. The number of anilines is 1. The van der Waals surface area contributed by atoms with E-state index in [0.717, 1.165) is 6.42 Å². The number of amides is 1. The van der Waals surface area contributed by atoms with Crippen LogP contribution in [0.5, 0.6) is 0 Å². The van der Waals surface area contributed by atoms with E-state index in [1.54, 1.807) is 0 Å². The molecule has 0 atom stereocenters. The van der Waals surface area contributed by atoms with Crippen molar-refractivity contribution < 1.29 is 17.9 Å². The number of carbonyl (C=O) groups is 1. The summed E-state index contributed by atoms with van der Waals surface area (Å²) >= 11 is 3.20. The maximum atomic E-state index is 11.7. The summed E-state index contributed by atoms with van der Waals surface area (Å²) in [5, 5.41) is 7.68. The van der Waals surface area contributed by atoms with Crippen molar-refractivity contribution in [2.45, 2.75) is 24.7 Å². The molecule has 0 aliphatic heterocycles. The standard InChI is InChI=1S/C12H17BrN2O4S/c1-2-6-19-7-5-12(16)15-11-4-3-9(8-10(11)13)20(14,17)18/h3-4,8H,2,5-7H2,1H3,(H,15,16)(H2,14,17,18). The topological polar surface area (TPSA) is 98.5 Å². The molecule has 3 N–H and O–H groups in total. The minimum atomic E-state index is -3.75. The number of hydrogen-bond acceptors (Lipinski definition) is 4. The van der Waals surface area contributed by atoms with Crippen molar-refractivity contribution in [2.24, 2.45) is 5.14 Å². The highest BCUT2D eigenvalue weighted by Crippen LogP contribution is 2.25. The molecular formula is C12H17BrN2O4S. The average Bonchev–Trinajstić information content (AvgIpc) is 2.36. The number of primary sulfonamides is 1. The fraction of sp³-hybridized carbons (Fsp3) is 0.417. The average molecular weight is 365 g/mol. The SMILES string of the molecule is CCCOCCC(=O)Nc1ccc(S(N)(=O)=O)cc1Br. The third-order valence-corrected chi connectivity index (χ3v) is 3.93. The maximum Gasteiger partial charge on any atom is 0.238 e. The predicted octanol–water partition coefficient (Wildman–Crippen LogP) is 1.85. The summed E-state index contributed by atoms with van der Waals surface area (Å²) in [5.41, 5.74) is 0.484. The summed E-state index contributed by atoms with van der Waals surface area (Å²) in [6.07, 6.45) is 1.14. The summed E-state index contributed by atoms with van der Waals surface area (Å²) < 4.78 is 28.0.